The lowest BCUT2D eigenvalue weighted by atomic mass is 10.0. The van der Waals surface area contributed by atoms with Crippen LogP contribution < -0.4 is 0 Å². The van der Waals surface area contributed by atoms with Crippen molar-refractivity contribution in [3.8, 4) is 11.1 Å². The molecule has 0 unspecified atom stereocenters. The summed E-state index contributed by atoms with van der Waals surface area (Å²) in [6, 6.07) is 11.7. The number of nitrogens with zero attached hydrogens (tertiary/aromatic N) is 1. The van der Waals surface area contributed by atoms with E-state index in [0.717, 1.165) is 10.5 Å². The summed E-state index contributed by atoms with van der Waals surface area (Å²) in [5, 5.41) is 19.9. The van der Waals surface area contributed by atoms with Gasteiger partial charge in [-0.1, -0.05) is 18.2 Å². The molecule has 0 saturated heterocycles. The highest BCUT2D eigenvalue weighted by Crippen LogP contribution is 2.29. The van der Waals surface area contributed by atoms with Crippen molar-refractivity contribution in [3.05, 3.63) is 58.1 Å². The number of rotatable bonds is 4. The number of hydrogen-bond donors (Lipinski definition) is 1. The molecule has 5 nitrogen and oxygen atoms in total. The first-order valence-corrected chi connectivity index (χ1v) is 6.91. The second-order valence-electron chi connectivity index (χ2n) is 4.03. The van der Waals surface area contributed by atoms with Crippen molar-refractivity contribution in [2.75, 3.05) is 6.26 Å². The van der Waals surface area contributed by atoms with Gasteiger partial charge in [-0.15, -0.1) is 11.8 Å². The van der Waals surface area contributed by atoms with Gasteiger partial charge < -0.3 is 5.11 Å². The average Bonchev–Trinajstić information content (AvgIpc) is 2.46. The normalized spacial score (nSPS) is 10.2. The Morgan fingerprint density at radius 3 is 2.50 bits per heavy atom. The van der Waals surface area contributed by atoms with Crippen LogP contribution in [0, 0.1) is 10.1 Å². The number of carbonyl (C=O) groups is 1. The minimum absolute atomic E-state index is 0.306. The van der Waals surface area contributed by atoms with Gasteiger partial charge in [0.15, 0.2) is 0 Å². The van der Waals surface area contributed by atoms with Crippen LogP contribution in [0.4, 0.5) is 5.69 Å². The van der Waals surface area contributed by atoms with Crippen LogP contribution in [0.3, 0.4) is 0 Å². The first-order valence-electron chi connectivity index (χ1n) is 5.69. The van der Waals surface area contributed by atoms with Gasteiger partial charge in [0.2, 0.25) is 0 Å². The maximum absolute atomic E-state index is 11.0. The first kappa shape index (κ1) is 14.1. The van der Waals surface area contributed by atoms with Gasteiger partial charge in [-0.05, 0) is 35.6 Å². The fourth-order valence-electron chi connectivity index (χ4n) is 1.85. The quantitative estimate of drug-likeness (QED) is 0.527. The van der Waals surface area contributed by atoms with E-state index in [2.05, 4.69) is 0 Å². The predicted molar refractivity (Wildman–Crippen MR) is 77.3 cm³/mol. The number of benzene rings is 2. The van der Waals surface area contributed by atoms with Gasteiger partial charge in [0, 0.05) is 11.0 Å². The van der Waals surface area contributed by atoms with E-state index >= 15 is 0 Å². The molecule has 1 N–H and O–H groups in total. The number of carboxylic acids is 1. The van der Waals surface area contributed by atoms with Crippen LogP contribution >= 0.6 is 11.8 Å². The Labute approximate surface area is 119 Å². The molecular weight excluding hydrogens is 278 g/mol. The third-order valence-corrected chi connectivity index (χ3v) is 3.55. The Bertz CT molecular complexity index is 685. The van der Waals surface area contributed by atoms with Crippen molar-refractivity contribution < 1.29 is 14.8 Å². The maximum atomic E-state index is 11.0. The molecular formula is C14H11NO4S. The summed E-state index contributed by atoms with van der Waals surface area (Å²) in [6.45, 7) is 0. The number of hydrogen-bond acceptors (Lipinski definition) is 4. The smallest absolute Gasteiger partial charge is 0.342 e. The molecule has 2 aromatic rings. The molecule has 0 fully saturated rings. The number of carboxylic acid groups (broad SMARTS) is 1. The molecule has 0 amide bonds. The monoisotopic (exact) mass is 289 g/mol. The van der Waals surface area contributed by atoms with Crippen LogP contribution in [-0.2, 0) is 0 Å². The zero-order valence-corrected chi connectivity index (χ0v) is 11.4. The highest BCUT2D eigenvalue weighted by molar-refractivity contribution is 7.98. The molecule has 0 bridgehead atoms. The molecule has 0 heterocycles. The molecule has 0 aliphatic rings. The van der Waals surface area contributed by atoms with Crippen molar-refractivity contribution in [2.45, 2.75) is 4.90 Å². The molecule has 0 atom stereocenters. The molecule has 20 heavy (non-hydrogen) atoms. The van der Waals surface area contributed by atoms with E-state index < -0.39 is 16.6 Å². The summed E-state index contributed by atoms with van der Waals surface area (Å²) in [5.41, 5.74) is 0.735. The number of thioether (sulfide) groups is 1. The van der Waals surface area contributed by atoms with Crippen molar-refractivity contribution >= 4 is 23.4 Å². The maximum Gasteiger partial charge on any atom is 0.342 e. The summed E-state index contributed by atoms with van der Waals surface area (Å²) in [4.78, 5) is 22.3. The second-order valence-corrected chi connectivity index (χ2v) is 4.91. The zero-order valence-electron chi connectivity index (χ0n) is 10.6. The number of nitro benzene ring substituents is 1. The SMILES string of the molecule is CSc1cccc(-c2ccc(C(=O)O)c([N+](=O)[O-])c2)c1. The summed E-state index contributed by atoms with van der Waals surface area (Å²) in [6.07, 6.45) is 1.94. The molecule has 2 rings (SSSR count). The Hall–Kier alpha value is -2.34. The predicted octanol–water partition coefficient (Wildman–Crippen LogP) is 3.68. The summed E-state index contributed by atoms with van der Waals surface area (Å²) < 4.78 is 0. The van der Waals surface area contributed by atoms with Crippen LogP contribution in [0.15, 0.2) is 47.4 Å². The van der Waals surface area contributed by atoms with Gasteiger partial charge in [-0.25, -0.2) is 4.79 Å². The van der Waals surface area contributed by atoms with Gasteiger partial charge in [0.05, 0.1) is 4.92 Å². The van der Waals surface area contributed by atoms with Gasteiger partial charge in [-0.2, -0.15) is 0 Å². The van der Waals surface area contributed by atoms with Gasteiger partial charge in [0.25, 0.3) is 5.69 Å². The van der Waals surface area contributed by atoms with E-state index in [4.69, 9.17) is 5.11 Å². The number of nitro groups is 1. The molecule has 0 radical (unpaired) electrons. The summed E-state index contributed by atoms with van der Waals surface area (Å²) in [5.74, 6) is -1.30. The van der Waals surface area contributed by atoms with E-state index in [-0.39, 0.29) is 5.56 Å². The Balaban J connectivity index is 2.55. The third kappa shape index (κ3) is 2.80. The van der Waals surface area contributed by atoms with Crippen molar-refractivity contribution in [1.82, 2.24) is 0 Å². The van der Waals surface area contributed by atoms with Crippen molar-refractivity contribution in [3.63, 3.8) is 0 Å². The standard InChI is InChI=1S/C14H11NO4S/c1-20-11-4-2-3-9(7-11)10-5-6-12(14(16)17)13(8-10)15(18)19/h2-8H,1H3,(H,16,17). The van der Waals surface area contributed by atoms with Gasteiger partial charge in [0.1, 0.15) is 5.56 Å². The van der Waals surface area contributed by atoms with E-state index in [0.29, 0.717) is 5.56 Å². The summed E-state index contributed by atoms with van der Waals surface area (Å²) >= 11 is 1.57. The molecule has 0 aliphatic heterocycles. The lowest BCUT2D eigenvalue weighted by molar-refractivity contribution is -0.385. The van der Waals surface area contributed by atoms with Crippen LogP contribution in [-0.4, -0.2) is 22.3 Å². The highest BCUT2D eigenvalue weighted by Gasteiger charge is 2.20. The highest BCUT2D eigenvalue weighted by atomic mass is 32.2. The molecule has 0 saturated carbocycles. The van der Waals surface area contributed by atoms with Crippen LogP contribution in [0.1, 0.15) is 10.4 Å². The van der Waals surface area contributed by atoms with E-state index in [9.17, 15) is 14.9 Å². The van der Waals surface area contributed by atoms with E-state index in [1.54, 1.807) is 17.8 Å². The lowest BCUT2D eigenvalue weighted by Gasteiger charge is -2.05. The molecule has 2 aromatic carbocycles. The minimum Gasteiger partial charge on any atom is -0.477 e. The minimum atomic E-state index is -1.30. The fourth-order valence-corrected chi connectivity index (χ4v) is 2.31. The summed E-state index contributed by atoms with van der Waals surface area (Å²) in [7, 11) is 0. The first-order chi connectivity index (χ1) is 9.52. The fraction of sp³-hybridized carbons (Fsp3) is 0.0714. The van der Waals surface area contributed by atoms with E-state index in [1.165, 1.54) is 12.1 Å². The van der Waals surface area contributed by atoms with Crippen molar-refractivity contribution in [2.24, 2.45) is 0 Å². The van der Waals surface area contributed by atoms with Crippen LogP contribution in [0.25, 0.3) is 11.1 Å². The molecule has 0 aromatic heterocycles. The van der Waals surface area contributed by atoms with Crippen LogP contribution in [0.5, 0.6) is 0 Å². The van der Waals surface area contributed by atoms with Crippen LogP contribution in [0.2, 0.25) is 0 Å². The zero-order chi connectivity index (χ0) is 14.7. The Morgan fingerprint density at radius 2 is 1.90 bits per heavy atom. The van der Waals surface area contributed by atoms with Crippen molar-refractivity contribution in [1.29, 1.82) is 0 Å². The molecule has 102 valence electrons. The topological polar surface area (TPSA) is 80.4 Å². The number of aromatic carboxylic acids is 1. The largest absolute Gasteiger partial charge is 0.477 e. The van der Waals surface area contributed by atoms with Gasteiger partial charge in [-0.3, -0.25) is 10.1 Å². The average molecular weight is 289 g/mol. The lowest BCUT2D eigenvalue weighted by Crippen LogP contribution is -2.02. The third-order valence-electron chi connectivity index (χ3n) is 2.83. The Kier molecular flexibility index (Phi) is 4.05. The molecule has 0 spiro atoms. The molecule has 6 heteroatoms. The van der Waals surface area contributed by atoms with E-state index in [1.807, 2.05) is 30.5 Å². The molecule has 0 aliphatic carbocycles. The Morgan fingerprint density at radius 1 is 1.20 bits per heavy atom. The van der Waals surface area contributed by atoms with Gasteiger partial charge >= 0.3 is 5.97 Å². The second kappa shape index (κ2) is 5.75.